The Kier molecular flexibility index (Phi) is 6.65. The third-order valence-corrected chi connectivity index (χ3v) is 7.79. The largest absolute Gasteiger partial charge is 0.338 e. The molecule has 35 heavy (non-hydrogen) atoms. The molecule has 2 heterocycles. The van der Waals surface area contributed by atoms with Gasteiger partial charge in [-0.15, -0.1) is 0 Å². The summed E-state index contributed by atoms with van der Waals surface area (Å²) in [6.45, 7) is 8.50. The van der Waals surface area contributed by atoms with Gasteiger partial charge >= 0.3 is 0 Å². The van der Waals surface area contributed by atoms with Gasteiger partial charge in [-0.3, -0.25) is 4.90 Å². The topological polar surface area (TPSA) is 10.4 Å². The second kappa shape index (κ2) is 10.0. The van der Waals surface area contributed by atoms with E-state index in [2.05, 4.69) is 139 Å². The highest BCUT2D eigenvalue weighted by Gasteiger charge is 2.23. The van der Waals surface area contributed by atoms with Crippen LogP contribution >= 0.6 is 11.8 Å². The first-order valence-corrected chi connectivity index (χ1v) is 13.1. The number of allylic oxidation sites excluding steroid dienone is 2. The lowest BCUT2D eigenvalue weighted by atomic mass is 10.1. The third-order valence-electron chi connectivity index (χ3n) is 6.61. The van der Waals surface area contributed by atoms with Gasteiger partial charge in [0.25, 0.3) is 5.82 Å². The van der Waals surface area contributed by atoms with E-state index in [4.69, 9.17) is 0 Å². The van der Waals surface area contributed by atoms with Crippen LogP contribution < -0.4 is 14.4 Å². The SMILES string of the molecule is CCN(CC)c1cc(C=CC=C2Sc3ccc(C)cc3N2C)c2ccccc2[n+]1-c1ccccc1. The summed E-state index contributed by atoms with van der Waals surface area (Å²) in [7, 11) is 2.15. The lowest BCUT2D eigenvalue weighted by molar-refractivity contribution is -0.553. The summed E-state index contributed by atoms with van der Waals surface area (Å²) in [6.07, 6.45) is 6.67. The zero-order valence-corrected chi connectivity index (χ0v) is 21.7. The second-order valence-electron chi connectivity index (χ2n) is 8.81. The standard InChI is InChI=1S/C31H32N3S/c1-5-33(6-2)30-22-24(13-12-18-31-32(4)28-21-23(3)19-20-29(28)35-31)26-16-10-11-17-27(26)34(30)25-14-8-7-9-15-25/h7-22H,5-6H2,1-4H3/q+1. The monoisotopic (exact) mass is 478 g/mol. The highest BCUT2D eigenvalue weighted by Crippen LogP contribution is 2.45. The van der Waals surface area contributed by atoms with Crippen molar-refractivity contribution in [1.29, 1.82) is 0 Å². The number of para-hydroxylation sites is 2. The second-order valence-corrected chi connectivity index (χ2v) is 9.88. The molecule has 5 rings (SSSR count). The molecule has 1 aromatic heterocycles. The van der Waals surface area contributed by atoms with Crippen molar-refractivity contribution in [2.75, 3.05) is 29.9 Å². The van der Waals surface area contributed by atoms with E-state index in [1.807, 2.05) is 11.8 Å². The van der Waals surface area contributed by atoms with Crippen molar-refractivity contribution >= 4 is 40.2 Å². The predicted molar refractivity (Wildman–Crippen MR) is 152 cm³/mol. The number of benzene rings is 3. The molecule has 0 bridgehead atoms. The molecule has 0 saturated heterocycles. The first kappa shape index (κ1) is 23.3. The van der Waals surface area contributed by atoms with E-state index >= 15 is 0 Å². The summed E-state index contributed by atoms with van der Waals surface area (Å²) < 4.78 is 2.39. The molecule has 4 aromatic rings. The molecule has 0 amide bonds. The average Bonchev–Trinajstić information content (AvgIpc) is 3.20. The molecule has 0 saturated carbocycles. The molecular weight excluding hydrogens is 446 g/mol. The fraction of sp³-hybridized carbons (Fsp3) is 0.194. The van der Waals surface area contributed by atoms with Gasteiger partial charge < -0.3 is 4.90 Å². The fourth-order valence-electron chi connectivity index (χ4n) is 4.74. The van der Waals surface area contributed by atoms with Gasteiger partial charge in [0.1, 0.15) is 11.2 Å². The predicted octanol–water partition coefficient (Wildman–Crippen LogP) is 7.37. The summed E-state index contributed by atoms with van der Waals surface area (Å²) in [4.78, 5) is 6.02. The van der Waals surface area contributed by atoms with Gasteiger partial charge in [0.05, 0.1) is 23.8 Å². The van der Waals surface area contributed by atoms with Crippen molar-refractivity contribution in [3.05, 3.63) is 107 Å². The van der Waals surface area contributed by atoms with Crippen LogP contribution in [-0.4, -0.2) is 20.1 Å². The van der Waals surface area contributed by atoms with Crippen LogP contribution in [0.25, 0.3) is 22.7 Å². The van der Waals surface area contributed by atoms with Crippen molar-refractivity contribution in [2.24, 2.45) is 0 Å². The van der Waals surface area contributed by atoms with E-state index in [0.717, 1.165) is 13.1 Å². The summed E-state index contributed by atoms with van der Waals surface area (Å²) in [6, 6.07) is 28.4. The molecule has 4 heteroatoms. The Hall–Kier alpha value is -3.50. The number of aryl methyl sites for hydroxylation is 1. The van der Waals surface area contributed by atoms with Crippen molar-refractivity contribution in [2.45, 2.75) is 25.7 Å². The highest BCUT2D eigenvalue weighted by molar-refractivity contribution is 8.03. The van der Waals surface area contributed by atoms with E-state index in [0.29, 0.717) is 0 Å². The minimum absolute atomic E-state index is 0.952. The van der Waals surface area contributed by atoms with Crippen molar-refractivity contribution in [3.8, 4) is 5.69 Å². The minimum Gasteiger partial charge on any atom is -0.338 e. The molecule has 0 N–H and O–H groups in total. The Labute approximate surface area is 213 Å². The zero-order valence-electron chi connectivity index (χ0n) is 20.9. The van der Waals surface area contributed by atoms with Crippen LogP contribution in [0.2, 0.25) is 0 Å². The molecule has 3 nitrogen and oxygen atoms in total. The average molecular weight is 479 g/mol. The first-order valence-electron chi connectivity index (χ1n) is 12.3. The number of aromatic nitrogens is 1. The molecule has 1 aliphatic heterocycles. The number of thioether (sulfide) groups is 1. The lowest BCUT2D eigenvalue weighted by Gasteiger charge is -2.19. The van der Waals surface area contributed by atoms with Gasteiger partial charge in [-0.1, -0.05) is 66.4 Å². The Morgan fingerprint density at radius 1 is 0.914 bits per heavy atom. The Morgan fingerprint density at radius 3 is 2.43 bits per heavy atom. The van der Waals surface area contributed by atoms with Crippen LogP contribution in [0.3, 0.4) is 0 Å². The number of nitrogens with zero attached hydrogens (tertiary/aromatic N) is 3. The molecule has 176 valence electrons. The highest BCUT2D eigenvalue weighted by atomic mass is 32.2. The van der Waals surface area contributed by atoms with Gasteiger partial charge in [-0.2, -0.15) is 4.57 Å². The molecule has 0 aliphatic carbocycles. The number of fused-ring (bicyclic) bond motifs is 2. The Balaban J connectivity index is 1.60. The number of hydrogen-bond acceptors (Lipinski definition) is 3. The quantitative estimate of drug-likeness (QED) is 0.268. The summed E-state index contributed by atoms with van der Waals surface area (Å²) in [5.74, 6) is 1.21. The number of hydrogen-bond donors (Lipinski definition) is 0. The maximum atomic E-state index is 2.43. The van der Waals surface area contributed by atoms with Crippen molar-refractivity contribution < 1.29 is 4.57 Å². The van der Waals surface area contributed by atoms with E-state index in [-0.39, 0.29) is 0 Å². The van der Waals surface area contributed by atoms with Gasteiger partial charge in [0, 0.05) is 23.4 Å². The summed E-state index contributed by atoms with van der Waals surface area (Å²) in [5.41, 5.74) is 6.20. The van der Waals surface area contributed by atoms with Gasteiger partial charge in [-0.05, 0) is 68.3 Å². The maximum Gasteiger partial charge on any atom is 0.282 e. The first-order chi connectivity index (χ1) is 17.1. The van der Waals surface area contributed by atoms with Gasteiger partial charge in [-0.25, -0.2) is 0 Å². The minimum atomic E-state index is 0.952. The smallest absolute Gasteiger partial charge is 0.282 e. The normalized spacial score (nSPS) is 14.3. The molecule has 0 radical (unpaired) electrons. The lowest BCUT2D eigenvalue weighted by Crippen LogP contribution is -2.41. The molecular formula is C31H32N3S+. The molecule has 0 atom stereocenters. The Morgan fingerprint density at radius 2 is 1.66 bits per heavy atom. The molecule has 1 aliphatic rings. The van der Waals surface area contributed by atoms with Crippen molar-refractivity contribution in [3.63, 3.8) is 0 Å². The third kappa shape index (κ3) is 4.46. The summed E-state index contributed by atoms with van der Waals surface area (Å²) >= 11 is 1.83. The number of rotatable bonds is 6. The van der Waals surface area contributed by atoms with Gasteiger partial charge in [0.2, 0.25) is 0 Å². The van der Waals surface area contributed by atoms with Crippen LogP contribution in [0, 0.1) is 6.92 Å². The zero-order chi connectivity index (χ0) is 24.4. The molecule has 0 spiro atoms. The molecule has 0 fully saturated rings. The maximum absolute atomic E-state index is 2.43. The molecule has 0 unspecified atom stereocenters. The van der Waals surface area contributed by atoms with Crippen molar-refractivity contribution in [1.82, 2.24) is 0 Å². The number of pyridine rings is 1. The van der Waals surface area contributed by atoms with Crippen LogP contribution in [0.15, 0.2) is 101 Å². The van der Waals surface area contributed by atoms with Crippen LogP contribution in [0.1, 0.15) is 25.0 Å². The van der Waals surface area contributed by atoms with Crippen LogP contribution in [-0.2, 0) is 0 Å². The van der Waals surface area contributed by atoms with E-state index in [9.17, 15) is 0 Å². The number of anilines is 2. The fourth-order valence-corrected chi connectivity index (χ4v) is 5.78. The van der Waals surface area contributed by atoms with E-state index in [1.54, 1.807) is 0 Å². The Bertz CT molecular complexity index is 1420. The van der Waals surface area contributed by atoms with Gasteiger partial charge in [0.15, 0.2) is 0 Å². The van der Waals surface area contributed by atoms with E-state index in [1.165, 1.54) is 49.1 Å². The van der Waals surface area contributed by atoms with Crippen LogP contribution in [0.5, 0.6) is 0 Å². The van der Waals surface area contributed by atoms with E-state index < -0.39 is 0 Å². The summed E-state index contributed by atoms with van der Waals surface area (Å²) in [5, 5.41) is 2.48. The van der Waals surface area contributed by atoms with Crippen LogP contribution in [0.4, 0.5) is 11.5 Å². The molecule has 3 aromatic carbocycles.